The van der Waals surface area contributed by atoms with Crippen LogP contribution in [-0.2, 0) is 10.8 Å². The molecule has 2 N–H and O–H groups in total. The fourth-order valence-corrected chi connectivity index (χ4v) is 4.61. The van der Waals surface area contributed by atoms with E-state index in [1.54, 1.807) is 7.11 Å². The van der Waals surface area contributed by atoms with Gasteiger partial charge in [0.25, 0.3) is 0 Å². The quantitative estimate of drug-likeness (QED) is 0.812. The van der Waals surface area contributed by atoms with Gasteiger partial charge in [-0.15, -0.1) is 0 Å². The minimum Gasteiger partial charge on any atom is -0.496 e. The number of methoxy groups -OCH3 is 1. The lowest BCUT2D eigenvalue weighted by Gasteiger charge is -2.35. The Bertz CT molecular complexity index is 533. The van der Waals surface area contributed by atoms with Crippen LogP contribution in [0.5, 0.6) is 5.75 Å². The third kappa shape index (κ3) is 3.91. The second kappa shape index (κ2) is 6.47. The summed E-state index contributed by atoms with van der Waals surface area (Å²) in [6, 6.07) is 6.79. The molecule has 0 amide bonds. The maximum atomic E-state index is 6.23. The van der Waals surface area contributed by atoms with Crippen molar-refractivity contribution in [3.63, 3.8) is 0 Å². The smallest absolute Gasteiger partial charge is 0.122 e. The Hall–Kier alpha value is -1.02. The summed E-state index contributed by atoms with van der Waals surface area (Å²) in [4.78, 5) is 0. The van der Waals surface area contributed by atoms with Gasteiger partial charge >= 0.3 is 0 Å². The van der Waals surface area contributed by atoms with Crippen LogP contribution in [0.1, 0.15) is 77.8 Å². The lowest BCUT2D eigenvalue weighted by Crippen LogP contribution is -2.33. The van der Waals surface area contributed by atoms with Crippen LogP contribution in [-0.4, -0.2) is 13.7 Å². The molecule has 0 atom stereocenters. The van der Waals surface area contributed by atoms with Crippen molar-refractivity contribution in [2.45, 2.75) is 77.6 Å². The molecule has 1 aromatic carbocycles. The molecule has 1 saturated carbocycles. The molecule has 1 aliphatic rings. The van der Waals surface area contributed by atoms with E-state index in [1.165, 1.54) is 36.8 Å². The summed E-state index contributed by atoms with van der Waals surface area (Å²) in [5.74, 6) is 1.01. The number of hydrogen-bond acceptors (Lipinski definition) is 2. The van der Waals surface area contributed by atoms with Gasteiger partial charge < -0.3 is 10.5 Å². The zero-order chi connectivity index (χ0) is 17.3. The van der Waals surface area contributed by atoms with Gasteiger partial charge in [-0.2, -0.15) is 0 Å². The van der Waals surface area contributed by atoms with Gasteiger partial charge in [0, 0.05) is 17.5 Å². The van der Waals surface area contributed by atoms with Gasteiger partial charge in [-0.25, -0.2) is 0 Å². The Morgan fingerprint density at radius 1 is 1.09 bits per heavy atom. The zero-order valence-corrected chi connectivity index (χ0v) is 16.0. The predicted octanol–water partition coefficient (Wildman–Crippen LogP) is 5.18. The molecule has 130 valence electrons. The van der Waals surface area contributed by atoms with Gasteiger partial charge in [-0.05, 0) is 41.7 Å². The number of rotatable bonds is 5. The van der Waals surface area contributed by atoms with E-state index in [-0.39, 0.29) is 10.8 Å². The van der Waals surface area contributed by atoms with E-state index in [2.05, 4.69) is 52.8 Å². The second-order valence-electron chi connectivity index (χ2n) is 9.23. The Labute approximate surface area is 142 Å². The largest absolute Gasteiger partial charge is 0.496 e. The van der Waals surface area contributed by atoms with E-state index >= 15 is 0 Å². The predicted molar refractivity (Wildman–Crippen MR) is 99.3 cm³/mol. The van der Waals surface area contributed by atoms with Crippen molar-refractivity contribution in [3.8, 4) is 5.75 Å². The third-order valence-corrected chi connectivity index (χ3v) is 5.48. The average molecular weight is 318 g/mol. The highest BCUT2D eigenvalue weighted by atomic mass is 16.5. The molecule has 0 aromatic heterocycles. The van der Waals surface area contributed by atoms with Crippen LogP contribution < -0.4 is 10.5 Å². The number of hydrogen-bond donors (Lipinski definition) is 1. The van der Waals surface area contributed by atoms with Crippen molar-refractivity contribution in [2.24, 2.45) is 11.1 Å². The van der Waals surface area contributed by atoms with Crippen LogP contribution in [0.2, 0.25) is 0 Å². The summed E-state index contributed by atoms with van der Waals surface area (Å²) in [5, 5.41) is 0. The maximum absolute atomic E-state index is 6.23. The molecule has 2 nitrogen and oxygen atoms in total. The lowest BCUT2D eigenvalue weighted by molar-refractivity contribution is 0.283. The summed E-state index contributed by atoms with van der Waals surface area (Å²) in [6.45, 7) is 12.4. The minimum absolute atomic E-state index is 0.110. The lowest BCUT2D eigenvalue weighted by atomic mass is 9.70. The number of nitrogens with two attached hydrogens (primary N) is 1. The monoisotopic (exact) mass is 317 g/mol. The third-order valence-electron chi connectivity index (χ3n) is 5.48. The van der Waals surface area contributed by atoms with E-state index in [4.69, 9.17) is 10.5 Å². The Morgan fingerprint density at radius 3 is 2.17 bits per heavy atom. The van der Waals surface area contributed by atoms with Crippen molar-refractivity contribution in [2.75, 3.05) is 13.7 Å². The molecule has 1 aromatic rings. The fraction of sp³-hybridized carbons (Fsp3) is 0.714. The van der Waals surface area contributed by atoms with Crippen molar-refractivity contribution < 1.29 is 4.74 Å². The normalized spacial score (nSPS) is 18.2. The molecular weight excluding hydrogens is 282 g/mol. The van der Waals surface area contributed by atoms with Gasteiger partial charge in [-0.1, -0.05) is 59.6 Å². The molecule has 2 heteroatoms. The van der Waals surface area contributed by atoms with E-state index in [9.17, 15) is 0 Å². The average Bonchev–Trinajstić information content (AvgIpc) is 2.94. The van der Waals surface area contributed by atoms with E-state index in [0.29, 0.717) is 12.0 Å². The van der Waals surface area contributed by atoms with Crippen molar-refractivity contribution in [3.05, 3.63) is 29.3 Å². The van der Waals surface area contributed by atoms with E-state index in [1.807, 2.05) is 0 Å². The van der Waals surface area contributed by atoms with Gasteiger partial charge in [-0.3, -0.25) is 0 Å². The fourth-order valence-electron chi connectivity index (χ4n) is 4.61. The second-order valence-corrected chi connectivity index (χ2v) is 9.23. The molecular formula is C21H35NO. The highest BCUT2D eigenvalue weighted by Crippen LogP contribution is 2.46. The molecule has 2 rings (SSSR count). The van der Waals surface area contributed by atoms with Crippen LogP contribution in [0, 0.1) is 5.41 Å². The summed E-state index contributed by atoms with van der Waals surface area (Å²) < 4.78 is 5.70. The first kappa shape index (κ1) is 18.3. The highest BCUT2D eigenvalue weighted by molar-refractivity contribution is 5.45. The molecule has 1 fully saturated rings. The molecule has 0 heterocycles. The Balaban J connectivity index is 2.47. The first-order chi connectivity index (χ1) is 10.6. The molecule has 0 unspecified atom stereocenters. The van der Waals surface area contributed by atoms with Crippen molar-refractivity contribution >= 4 is 0 Å². The summed E-state index contributed by atoms with van der Waals surface area (Å²) in [5.41, 5.74) is 9.53. The highest BCUT2D eigenvalue weighted by Gasteiger charge is 2.38. The van der Waals surface area contributed by atoms with E-state index < -0.39 is 0 Å². The van der Waals surface area contributed by atoms with Crippen molar-refractivity contribution in [1.29, 1.82) is 0 Å². The van der Waals surface area contributed by atoms with Gasteiger partial charge in [0.15, 0.2) is 0 Å². The van der Waals surface area contributed by atoms with Gasteiger partial charge in [0.2, 0.25) is 0 Å². The van der Waals surface area contributed by atoms with Crippen LogP contribution in [0.4, 0.5) is 0 Å². The molecule has 0 aliphatic heterocycles. The molecule has 0 bridgehead atoms. The molecule has 0 radical (unpaired) electrons. The molecule has 0 saturated heterocycles. The zero-order valence-electron chi connectivity index (χ0n) is 16.0. The Morgan fingerprint density at radius 2 is 1.70 bits per heavy atom. The molecule has 1 aliphatic carbocycles. The SMILES string of the molecule is COc1ccc(C(C)(C)CC(C)(C)C)cc1C1(CN)CCCC1. The molecule has 0 spiro atoms. The van der Waals surface area contributed by atoms with E-state index in [0.717, 1.165) is 12.2 Å². The van der Waals surface area contributed by atoms with Crippen molar-refractivity contribution in [1.82, 2.24) is 0 Å². The summed E-state index contributed by atoms with van der Waals surface area (Å²) in [7, 11) is 1.78. The topological polar surface area (TPSA) is 35.2 Å². The van der Waals surface area contributed by atoms with Crippen LogP contribution in [0.15, 0.2) is 18.2 Å². The van der Waals surface area contributed by atoms with Crippen LogP contribution >= 0.6 is 0 Å². The maximum Gasteiger partial charge on any atom is 0.122 e. The summed E-state index contributed by atoms with van der Waals surface area (Å²) >= 11 is 0. The Kier molecular flexibility index (Phi) is 5.15. The minimum atomic E-state index is 0.110. The number of ether oxygens (including phenoxy) is 1. The standard InChI is InChI=1S/C21H35NO/c1-19(2,3)14-20(4,5)16-9-10-18(23-6)17(13-16)21(15-22)11-7-8-12-21/h9-10,13H,7-8,11-12,14-15,22H2,1-6H3. The first-order valence-electron chi connectivity index (χ1n) is 9.03. The van der Waals surface area contributed by atoms with Gasteiger partial charge in [0.1, 0.15) is 5.75 Å². The van der Waals surface area contributed by atoms with Crippen LogP contribution in [0.3, 0.4) is 0 Å². The summed E-state index contributed by atoms with van der Waals surface area (Å²) in [6.07, 6.45) is 6.07. The first-order valence-corrected chi connectivity index (χ1v) is 9.03. The van der Waals surface area contributed by atoms with Crippen LogP contribution in [0.25, 0.3) is 0 Å². The van der Waals surface area contributed by atoms with Gasteiger partial charge in [0.05, 0.1) is 7.11 Å². The molecule has 23 heavy (non-hydrogen) atoms. The number of benzene rings is 1.